The minimum Gasteiger partial charge on any atom is -0.491 e. The molecule has 1 atom stereocenters. The van der Waals surface area contributed by atoms with Crippen molar-refractivity contribution < 1.29 is 14.3 Å². The molecule has 0 aliphatic heterocycles. The number of carbonyl (C=O) groups excluding carboxylic acids is 1. The number of esters is 1. The number of benzene rings is 1. The summed E-state index contributed by atoms with van der Waals surface area (Å²) in [6.45, 7) is 9.59. The lowest BCUT2D eigenvalue weighted by Gasteiger charge is -2.18. The van der Waals surface area contributed by atoms with Gasteiger partial charge in [0.25, 0.3) is 0 Å². The normalized spacial score (nSPS) is 12.2. The molecule has 0 aliphatic carbocycles. The van der Waals surface area contributed by atoms with Crippen LogP contribution >= 0.6 is 0 Å². The highest BCUT2D eigenvalue weighted by Crippen LogP contribution is 2.18. The van der Waals surface area contributed by atoms with E-state index in [9.17, 15) is 4.79 Å². The van der Waals surface area contributed by atoms with Crippen molar-refractivity contribution in [3.63, 3.8) is 0 Å². The lowest BCUT2D eigenvalue weighted by molar-refractivity contribution is -0.146. The highest BCUT2D eigenvalue weighted by Gasteiger charge is 2.19. The fourth-order valence-electron chi connectivity index (χ4n) is 1.90. The average molecular weight is 293 g/mol. The molecule has 4 nitrogen and oxygen atoms in total. The Bertz CT molecular complexity index is 415. The molecule has 0 radical (unpaired) electrons. The highest BCUT2D eigenvalue weighted by molar-refractivity contribution is 5.76. The molecule has 0 saturated heterocycles. The molecule has 0 aromatic heterocycles. The molecule has 0 fully saturated rings. The summed E-state index contributed by atoms with van der Waals surface area (Å²) < 4.78 is 10.8. The molecule has 1 unspecified atom stereocenters. The maximum Gasteiger partial charge on any atom is 0.326 e. The maximum absolute atomic E-state index is 11.8. The van der Waals surface area contributed by atoms with Gasteiger partial charge in [-0.1, -0.05) is 32.9 Å². The van der Waals surface area contributed by atoms with Gasteiger partial charge in [0.05, 0.1) is 6.61 Å². The predicted molar refractivity (Wildman–Crippen MR) is 84.7 cm³/mol. The first kappa shape index (κ1) is 17.5. The molecule has 0 saturated carbocycles. The van der Waals surface area contributed by atoms with Gasteiger partial charge in [-0.3, -0.25) is 4.79 Å². The lowest BCUT2D eigenvalue weighted by atomic mass is 10.0. The topological polar surface area (TPSA) is 47.6 Å². The van der Waals surface area contributed by atoms with Crippen LogP contribution in [0.3, 0.4) is 0 Å². The van der Waals surface area contributed by atoms with E-state index in [-0.39, 0.29) is 12.6 Å². The molecule has 0 spiro atoms. The largest absolute Gasteiger partial charge is 0.491 e. The fourth-order valence-corrected chi connectivity index (χ4v) is 1.90. The summed E-state index contributed by atoms with van der Waals surface area (Å²) in [5, 5.41) is 3.15. The van der Waals surface area contributed by atoms with Crippen LogP contribution in [0.25, 0.3) is 0 Å². The smallest absolute Gasteiger partial charge is 0.326 e. The molecule has 1 aromatic carbocycles. The van der Waals surface area contributed by atoms with Gasteiger partial charge in [-0.15, -0.1) is 0 Å². The summed E-state index contributed by atoms with van der Waals surface area (Å²) in [7, 11) is 0. The van der Waals surface area contributed by atoms with Crippen LogP contribution in [0.1, 0.15) is 45.6 Å². The Morgan fingerprint density at radius 2 is 1.86 bits per heavy atom. The number of nitrogens with one attached hydrogen (secondary N) is 1. The number of ether oxygens (including phenoxy) is 2. The van der Waals surface area contributed by atoms with Crippen molar-refractivity contribution in [2.45, 2.75) is 46.1 Å². The first-order chi connectivity index (χ1) is 10.1. The Balaban J connectivity index is 2.56. The van der Waals surface area contributed by atoms with Gasteiger partial charge >= 0.3 is 5.97 Å². The van der Waals surface area contributed by atoms with Crippen molar-refractivity contribution >= 4 is 5.97 Å². The van der Waals surface area contributed by atoms with E-state index >= 15 is 0 Å². The Labute approximate surface area is 127 Å². The summed E-state index contributed by atoms with van der Waals surface area (Å²) in [6, 6.07) is 7.57. The molecule has 1 aromatic rings. The molecule has 0 amide bonds. The van der Waals surface area contributed by atoms with Gasteiger partial charge in [0.15, 0.2) is 0 Å². The van der Waals surface area contributed by atoms with Crippen LogP contribution < -0.4 is 10.1 Å². The van der Waals surface area contributed by atoms with Crippen molar-refractivity contribution in [2.75, 3.05) is 19.8 Å². The van der Waals surface area contributed by atoms with E-state index in [0.717, 1.165) is 18.7 Å². The zero-order valence-electron chi connectivity index (χ0n) is 13.5. The maximum atomic E-state index is 11.8. The third-order valence-corrected chi connectivity index (χ3v) is 3.18. The van der Waals surface area contributed by atoms with Crippen molar-refractivity contribution in [1.82, 2.24) is 5.32 Å². The van der Waals surface area contributed by atoms with E-state index in [4.69, 9.17) is 9.47 Å². The summed E-state index contributed by atoms with van der Waals surface area (Å²) >= 11 is 0. The van der Waals surface area contributed by atoms with Crippen LogP contribution in [0.15, 0.2) is 24.3 Å². The molecule has 4 heteroatoms. The number of carbonyl (C=O) groups is 1. The molecule has 118 valence electrons. The first-order valence-electron chi connectivity index (χ1n) is 7.71. The molecular weight excluding hydrogens is 266 g/mol. The fraction of sp³-hybridized carbons (Fsp3) is 0.588. The number of hydrogen-bond donors (Lipinski definition) is 1. The van der Waals surface area contributed by atoms with E-state index < -0.39 is 6.04 Å². The standard InChI is InChI=1S/C17H27NO3/c1-5-11-18-16(17(19)20-6-2)12-21-15-9-7-14(8-10-15)13(3)4/h7-10,13,16,18H,5-6,11-12H2,1-4H3. The molecule has 1 rings (SSSR count). The highest BCUT2D eigenvalue weighted by atomic mass is 16.5. The van der Waals surface area contributed by atoms with Crippen LogP contribution in [0.2, 0.25) is 0 Å². The summed E-state index contributed by atoms with van der Waals surface area (Å²) in [5.41, 5.74) is 1.27. The summed E-state index contributed by atoms with van der Waals surface area (Å²) in [5.74, 6) is 1.01. The second kappa shape index (κ2) is 9.40. The van der Waals surface area contributed by atoms with Crippen molar-refractivity contribution in [1.29, 1.82) is 0 Å². The van der Waals surface area contributed by atoms with Gasteiger partial charge < -0.3 is 14.8 Å². The van der Waals surface area contributed by atoms with E-state index in [0.29, 0.717) is 12.5 Å². The predicted octanol–water partition coefficient (Wildman–Crippen LogP) is 3.12. The van der Waals surface area contributed by atoms with Crippen LogP contribution in [0.5, 0.6) is 5.75 Å². The monoisotopic (exact) mass is 293 g/mol. The molecule has 0 aliphatic rings. The summed E-state index contributed by atoms with van der Waals surface area (Å²) in [6.07, 6.45) is 0.957. The van der Waals surface area contributed by atoms with E-state index in [1.165, 1.54) is 5.56 Å². The van der Waals surface area contributed by atoms with Crippen molar-refractivity contribution in [2.24, 2.45) is 0 Å². The molecular formula is C17H27NO3. The SMILES string of the molecule is CCCNC(COc1ccc(C(C)C)cc1)C(=O)OCC. The second-order valence-corrected chi connectivity index (χ2v) is 5.29. The minimum atomic E-state index is -0.422. The Kier molecular flexibility index (Phi) is 7.83. The van der Waals surface area contributed by atoms with Gasteiger partial charge in [0.2, 0.25) is 0 Å². The Hall–Kier alpha value is -1.55. The average Bonchev–Trinajstić information content (AvgIpc) is 2.48. The van der Waals surface area contributed by atoms with E-state index in [2.05, 4.69) is 38.2 Å². The van der Waals surface area contributed by atoms with E-state index in [1.807, 2.05) is 12.1 Å². The number of rotatable bonds is 9. The van der Waals surface area contributed by atoms with Crippen LogP contribution in [-0.4, -0.2) is 31.8 Å². The quantitative estimate of drug-likeness (QED) is 0.711. The Morgan fingerprint density at radius 1 is 1.19 bits per heavy atom. The molecule has 1 N–H and O–H groups in total. The van der Waals surface area contributed by atoms with Crippen LogP contribution in [0.4, 0.5) is 0 Å². The zero-order valence-corrected chi connectivity index (χ0v) is 13.5. The van der Waals surface area contributed by atoms with Gasteiger partial charge in [-0.25, -0.2) is 0 Å². The summed E-state index contributed by atoms with van der Waals surface area (Å²) in [4.78, 5) is 11.8. The molecule has 0 heterocycles. The van der Waals surface area contributed by atoms with Crippen LogP contribution in [0, 0.1) is 0 Å². The van der Waals surface area contributed by atoms with Gasteiger partial charge in [0, 0.05) is 0 Å². The minimum absolute atomic E-state index is 0.259. The Morgan fingerprint density at radius 3 is 2.38 bits per heavy atom. The third kappa shape index (κ3) is 6.17. The van der Waals surface area contributed by atoms with E-state index in [1.54, 1.807) is 6.92 Å². The van der Waals surface area contributed by atoms with Crippen LogP contribution in [-0.2, 0) is 9.53 Å². The third-order valence-electron chi connectivity index (χ3n) is 3.18. The van der Waals surface area contributed by atoms with Crippen molar-refractivity contribution in [3.05, 3.63) is 29.8 Å². The number of hydrogen-bond acceptors (Lipinski definition) is 4. The second-order valence-electron chi connectivity index (χ2n) is 5.29. The van der Waals surface area contributed by atoms with Gasteiger partial charge in [0.1, 0.15) is 18.4 Å². The van der Waals surface area contributed by atoms with Gasteiger partial charge in [-0.2, -0.15) is 0 Å². The van der Waals surface area contributed by atoms with Gasteiger partial charge in [-0.05, 0) is 43.5 Å². The lowest BCUT2D eigenvalue weighted by Crippen LogP contribution is -2.43. The van der Waals surface area contributed by atoms with Crippen molar-refractivity contribution in [3.8, 4) is 5.75 Å². The zero-order chi connectivity index (χ0) is 15.7. The molecule has 21 heavy (non-hydrogen) atoms. The molecule has 0 bridgehead atoms. The first-order valence-corrected chi connectivity index (χ1v) is 7.71.